The van der Waals surface area contributed by atoms with Gasteiger partial charge >= 0.3 is 6.03 Å². The molecule has 116 valence electrons. The van der Waals surface area contributed by atoms with Crippen molar-refractivity contribution < 1.29 is 9.53 Å². The molecule has 0 unspecified atom stereocenters. The van der Waals surface area contributed by atoms with E-state index in [2.05, 4.69) is 39.8 Å². The van der Waals surface area contributed by atoms with Crippen LogP contribution in [0.15, 0.2) is 24.3 Å². The van der Waals surface area contributed by atoms with Crippen molar-refractivity contribution in [1.29, 1.82) is 0 Å². The Kier molecular flexibility index (Phi) is 5.87. The normalized spacial score (nSPS) is 17.5. The number of benzene rings is 1. The maximum atomic E-state index is 11.6. The van der Waals surface area contributed by atoms with Crippen LogP contribution < -0.4 is 15.5 Å². The number of carbonyl (C=O) groups is 1. The Bertz CT molecular complexity index is 439. The van der Waals surface area contributed by atoms with Crippen LogP contribution in [-0.4, -0.2) is 45.9 Å². The van der Waals surface area contributed by atoms with Crippen molar-refractivity contribution in [3.8, 4) is 0 Å². The zero-order valence-electron chi connectivity index (χ0n) is 12.9. The number of amides is 2. The molecule has 5 nitrogen and oxygen atoms in total. The fraction of sp³-hybridized carbons (Fsp3) is 0.562. The molecule has 0 spiro atoms. The summed E-state index contributed by atoms with van der Waals surface area (Å²) in [6.45, 7) is 2.05. The SMILES string of the molecule is CN(C)c1ccc(CCNC(=O)NC[C@H]2CCCO2)cc1. The standard InChI is InChI=1S/C16H25N3O2/c1-19(2)14-7-5-13(6-8-14)9-10-17-16(20)18-12-15-4-3-11-21-15/h5-8,15H,3-4,9-12H2,1-2H3,(H2,17,18,20)/t15-/m1/s1. The summed E-state index contributed by atoms with van der Waals surface area (Å²) in [5.74, 6) is 0. The molecule has 0 bridgehead atoms. The lowest BCUT2D eigenvalue weighted by atomic mass is 10.1. The van der Waals surface area contributed by atoms with Gasteiger partial charge in [-0.25, -0.2) is 4.79 Å². The molecular formula is C16H25N3O2. The van der Waals surface area contributed by atoms with Crippen molar-refractivity contribution in [2.75, 3.05) is 38.7 Å². The van der Waals surface area contributed by atoms with Crippen LogP contribution in [0, 0.1) is 0 Å². The molecule has 1 aromatic carbocycles. The number of urea groups is 1. The van der Waals surface area contributed by atoms with Gasteiger partial charge in [-0.3, -0.25) is 0 Å². The maximum absolute atomic E-state index is 11.6. The quantitative estimate of drug-likeness (QED) is 0.840. The van der Waals surface area contributed by atoms with E-state index in [1.165, 1.54) is 11.3 Å². The van der Waals surface area contributed by atoms with Gasteiger partial charge in [-0.1, -0.05) is 12.1 Å². The summed E-state index contributed by atoms with van der Waals surface area (Å²) < 4.78 is 5.46. The number of anilines is 1. The molecule has 1 saturated heterocycles. The Balaban J connectivity index is 1.62. The zero-order valence-corrected chi connectivity index (χ0v) is 12.9. The summed E-state index contributed by atoms with van der Waals surface area (Å²) in [5, 5.41) is 5.73. The van der Waals surface area contributed by atoms with Crippen LogP contribution in [0.1, 0.15) is 18.4 Å². The Morgan fingerprint density at radius 1 is 1.29 bits per heavy atom. The minimum Gasteiger partial charge on any atom is -0.378 e. The average Bonchev–Trinajstić information content (AvgIpc) is 2.99. The van der Waals surface area contributed by atoms with E-state index >= 15 is 0 Å². The van der Waals surface area contributed by atoms with Crippen LogP contribution >= 0.6 is 0 Å². The van der Waals surface area contributed by atoms with Gasteiger partial charge < -0.3 is 20.3 Å². The average molecular weight is 291 g/mol. The van der Waals surface area contributed by atoms with Gasteiger partial charge in [0.15, 0.2) is 0 Å². The summed E-state index contributed by atoms with van der Waals surface area (Å²) in [4.78, 5) is 13.7. The molecular weight excluding hydrogens is 266 g/mol. The molecule has 0 radical (unpaired) electrons. The van der Waals surface area contributed by atoms with Crippen LogP contribution in [0.3, 0.4) is 0 Å². The van der Waals surface area contributed by atoms with Crippen molar-refractivity contribution >= 4 is 11.7 Å². The molecule has 5 heteroatoms. The molecule has 21 heavy (non-hydrogen) atoms. The smallest absolute Gasteiger partial charge is 0.314 e. The van der Waals surface area contributed by atoms with E-state index in [1.54, 1.807) is 0 Å². The van der Waals surface area contributed by atoms with Gasteiger partial charge in [0.2, 0.25) is 0 Å². The fourth-order valence-electron chi connectivity index (χ4n) is 2.36. The maximum Gasteiger partial charge on any atom is 0.314 e. The second kappa shape index (κ2) is 7.88. The molecule has 1 aliphatic rings. The first-order valence-electron chi connectivity index (χ1n) is 7.55. The Labute approximate surface area is 126 Å². The fourth-order valence-corrected chi connectivity index (χ4v) is 2.36. The van der Waals surface area contributed by atoms with Gasteiger partial charge in [0.25, 0.3) is 0 Å². The molecule has 2 amide bonds. The molecule has 1 heterocycles. The van der Waals surface area contributed by atoms with Gasteiger partial charge in [0.05, 0.1) is 6.10 Å². The highest BCUT2D eigenvalue weighted by Gasteiger charge is 2.15. The first-order chi connectivity index (χ1) is 10.1. The van der Waals surface area contributed by atoms with E-state index in [0.29, 0.717) is 13.1 Å². The highest BCUT2D eigenvalue weighted by molar-refractivity contribution is 5.73. The Morgan fingerprint density at radius 3 is 2.67 bits per heavy atom. The van der Waals surface area contributed by atoms with E-state index in [0.717, 1.165) is 25.9 Å². The third-order valence-corrected chi connectivity index (χ3v) is 3.67. The predicted octanol–water partition coefficient (Wildman–Crippen LogP) is 1.77. The minimum absolute atomic E-state index is 0.115. The van der Waals surface area contributed by atoms with Crippen molar-refractivity contribution in [2.24, 2.45) is 0 Å². The summed E-state index contributed by atoms with van der Waals surface area (Å²) in [6, 6.07) is 8.26. The topological polar surface area (TPSA) is 53.6 Å². The monoisotopic (exact) mass is 291 g/mol. The molecule has 0 saturated carbocycles. The van der Waals surface area contributed by atoms with E-state index in [1.807, 2.05) is 14.1 Å². The molecule has 2 rings (SSSR count). The van der Waals surface area contributed by atoms with Crippen molar-refractivity contribution in [3.05, 3.63) is 29.8 Å². The lowest BCUT2D eigenvalue weighted by molar-refractivity contribution is 0.111. The number of rotatable bonds is 6. The number of hydrogen-bond donors (Lipinski definition) is 2. The van der Waals surface area contributed by atoms with E-state index in [-0.39, 0.29) is 12.1 Å². The minimum atomic E-state index is -0.115. The Hall–Kier alpha value is -1.75. The van der Waals surface area contributed by atoms with Crippen LogP contribution in [0.4, 0.5) is 10.5 Å². The Morgan fingerprint density at radius 2 is 2.05 bits per heavy atom. The van der Waals surface area contributed by atoms with Crippen LogP contribution in [0.2, 0.25) is 0 Å². The lowest BCUT2D eigenvalue weighted by Gasteiger charge is -2.13. The van der Waals surface area contributed by atoms with Gasteiger partial charge in [-0.15, -0.1) is 0 Å². The molecule has 0 aromatic heterocycles. The second-order valence-corrected chi connectivity index (χ2v) is 5.58. The van der Waals surface area contributed by atoms with Crippen molar-refractivity contribution in [1.82, 2.24) is 10.6 Å². The zero-order chi connectivity index (χ0) is 15.1. The van der Waals surface area contributed by atoms with Gasteiger partial charge in [0.1, 0.15) is 0 Å². The summed E-state index contributed by atoms with van der Waals surface area (Å²) in [6.07, 6.45) is 3.16. The van der Waals surface area contributed by atoms with Crippen LogP contribution in [-0.2, 0) is 11.2 Å². The van der Waals surface area contributed by atoms with E-state index < -0.39 is 0 Å². The highest BCUT2D eigenvalue weighted by atomic mass is 16.5. The molecule has 0 aliphatic carbocycles. The van der Waals surface area contributed by atoms with E-state index in [9.17, 15) is 4.79 Å². The third-order valence-electron chi connectivity index (χ3n) is 3.67. The number of carbonyl (C=O) groups excluding carboxylic acids is 1. The number of hydrogen-bond acceptors (Lipinski definition) is 3. The van der Waals surface area contributed by atoms with Gasteiger partial charge in [0, 0.05) is 39.5 Å². The van der Waals surface area contributed by atoms with Crippen LogP contribution in [0.25, 0.3) is 0 Å². The van der Waals surface area contributed by atoms with Crippen LogP contribution in [0.5, 0.6) is 0 Å². The first kappa shape index (κ1) is 15.6. The molecule has 1 fully saturated rings. The number of nitrogens with zero attached hydrogens (tertiary/aromatic N) is 1. The largest absolute Gasteiger partial charge is 0.378 e. The molecule has 1 atom stereocenters. The summed E-state index contributed by atoms with van der Waals surface area (Å²) in [7, 11) is 4.05. The first-order valence-corrected chi connectivity index (χ1v) is 7.55. The predicted molar refractivity (Wildman–Crippen MR) is 84.8 cm³/mol. The van der Waals surface area contributed by atoms with Gasteiger partial charge in [-0.2, -0.15) is 0 Å². The van der Waals surface area contributed by atoms with Crippen molar-refractivity contribution in [2.45, 2.75) is 25.4 Å². The van der Waals surface area contributed by atoms with E-state index in [4.69, 9.17) is 4.74 Å². The molecule has 1 aromatic rings. The molecule has 1 aliphatic heterocycles. The second-order valence-electron chi connectivity index (χ2n) is 5.58. The highest BCUT2D eigenvalue weighted by Crippen LogP contribution is 2.12. The summed E-state index contributed by atoms with van der Waals surface area (Å²) >= 11 is 0. The molecule has 2 N–H and O–H groups in total. The number of ether oxygens (including phenoxy) is 1. The lowest BCUT2D eigenvalue weighted by Crippen LogP contribution is -2.40. The number of nitrogens with one attached hydrogen (secondary N) is 2. The van der Waals surface area contributed by atoms with Gasteiger partial charge in [-0.05, 0) is 37.0 Å². The summed E-state index contributed by atoms with van der Waals surface area (Å²) in [5.41, 5.74) is 2.40. The van der Waals surface area contributed by atoms with Crippen molar-refractivity contribution in [3.63, 3.8) is 0 Å². The third kappa shape index (κ3) is 5.27.